The fourth-order valence-corrected chi connectivity index (χ4v) is 3.59. The van der Waals surface area contributed by atoms with Gasteiger partial charge in [0.15, 0.2) is 0 Å². The number of hydrazine groups is 2. The second-order valence-electron chi connectivity index (χ2n) is 7.77. The van der Waals surface area contributed by atoms with Crippen molar-refractivity contribution in [1.82, 2.24) is 10.0 Å². The zero-order valence-corrected chi connectivity index (χ0v) is 20.9. The van der Waals surface area contributed by atoms with E-state index in [0.717, 1.165) is 41.2 Å². The van der Waals surface area contributed by atoms with Crippen molar-refractivity contribution < 1.29 is 0 Å². The van der Waals surface area contributed by atoms with Gasteiger partial charge in [0.2, 0.25) is 0 Å². The molecule has 1 aromatic rings. The Morgan fingerprint density at radius 2 is 2.03 bits per heavy atom. The predicted octanol–water partition coefficient (Wildman–Crippen LogP) is 4.58. The van der Waals surface area contributed by atoms with Crippen molar-refractivity contribution in [2.24, 2.45) is 15.8 Å². The third kappa shape index (κ3) is 7.71. The zero-order valence-electron chi connectivity index (χ0n) is 20.2. The topological polar surface area (TPSA) is 107 Å². The first-order chi connectivity index (χ1) is 16.3. The molecule has 1 fully saturated rings. The van der Waals surface area contributed by atoms with Gasteiger partial charge in [0.1, 0.15) is 6.67 Å². The summed E-state index contributed by atoms with van der Waals surface area (Å²) in [5, 5.41) is 7.46. The third-order valence-corrected chi connectivity index (χ3v) is 5.43. The van der Waals surface area contributed by atoms with Crippen molar-refractivity contribution in [1.29, 1.82) is 0 Å². The quantitative estimate of drug-likeness (QED) is 0.159. The number of hydrogen-bond acceptors (Lipinski definition) is 8. The van der Waals surface area contributed by atoms with Crippen molar-refractivity contribution in [3.05, 3.63) is 77.0 Å². The zero-order chi connectivity index (χ0) is 25.1. The summed E-state index contributed by atoms with van der Waals surface area (Å²) in [5.74, 6) is 5.83. The number of allylic oxidation sites excluding steroid dienone is 8. The molecule has 1 heterocycles. The molecule has 6 N–H and O–H groups in total. The minimum absolute atomic E-state index is 0.279. The Kier molecular flexibility index (Phi) is 10.8. The molecule has 2 rings (SSSR count). The number of benzene rings is 1. The van der Waals surface area contributed by atoms with E-state index in [1.807, 2.05) is 62.2 Å². The van der Waals surface area contributed by atoms with Crippen LogP contribution >= 0.6 is 11.6 Å². The number of nitrogens with zero attached hydrogens (tertiary/aromatic N) is 4. The van der Waals surface area contributed by atoms with Crippen molar-refractivity contribution in [2.45, 2.75) is 20.8 Å². The van der Waals surface area contributed by atoms with Crippen molar-refractivity contribution in [3.8, 4) is 0 Å². The van der Waals surface area contributed by atoms with Gasteiger partial charge >= 0.3 is 0 Å². The molecule has 34 heavy (non-hydrogen) atoms. The fraction of sp³-hybridized carbons (Fsp3) is 0.280. The van der Waals surface area contributed by atoms with Gasteiger partial charge in [-0.15, -0.1) is 0 Å². The minimum Gasteiger partial charge on any atom is -0.397 e. The van der Waals surface area contributed by atoms with E-state index in [1.54, 1.807) is 11.1 Å². The lowest BCUT2D eigenvalue weighted by Crippen LogP contribution is -2.33. The molecule has 0 aliphatic carbocycles. The third-order valence-electron chi connectivity index (χ3n) is 5.16. The number of nitrogen functional groups attached to an aromatic ring is 1. The fourth-order valence-electron chi connectivity index (χ4n) is 3.36. The van der Waals surface area contributed by atoms with E-state index >= 15 is 0 Å². The Morgan fingerprint density at radius 3 is 2.65 bits per heavy atom. The predicted molar refractivity (Wildman–Crippen MR) is 148 cm³/mol. The molecule has 0 spiro atoms. The van der Waals surface area contributed by atoms with E-state index in [4.69, 9.17) is 28.2 Å². The van der Waals surface area contributed by atoms with Crippen LogP contribution in [0.25, 0.3) is 0 Å². The maximum Gasteiger partial charge on any atom is 0.108 e. The maximum atomic E-state index is 6.48. The molecule has 0 saturated carbocycles. The van der Waals surface area contributed by atoms with Gasteiger partial charge in [-0.25, -0.2) is 10.0 Å². The standard InChI is InChI=1S/C25H35ClN8/c1-6-8-9-10-18(3)20(7-2)25(21(26)15-29-5)31-16-30-23-14-22(27)24(13-19(23)4)32-34-12-11-33(28)17-34/h6-10,13-15,30,32H,2,5,11-12,16-17,27-28H2,1,3-4H3/b8-6-,10-9-,20-18?,21-15+,31-25-. The lowest BCUT2D eigenvalue weighted by molar-refractivity contribution is 0.280. The molecule has 1 aliphatic rings. The van der Waals surface area contributed by atoms with E-state index in [0.29, 0.717) is 23.1 Å². The van der Waals surface area contributed by atoms with Gasteiger partial charge in [-0.2, -0.15) is 0 Å². The number of aryl methyl sites for hydroxylation is 1. The monoisotopic (exact) mass is 482 g/mol. The number of hydrogen-bond donors (Lipinski definition) is 4. The van der Waals surface area contributed by atoms with Gasteiger partial charge < -0.3 is 16.5 Å². The first kappa shape index (κ1) is 27.1. The Morgan fingerprint density at radius 1 is 1.26 bits per heavy atom. The van der Waals surface area contributed by atoms with Gasteiger partial charge in [-0.1, -0.05) is 48.6 Å². The maximum absolute atomic E-state index is 6.48. The summed E-state index contributed by atoms with van der Waals surface area (Å²) in [6.45, 7) is 15.9. The summed E-state index contributed by atoms with van der Waals surface area (Å²) in [5.41, 5.74) is 15.3. The summed E-state index contributed by atoms with van der Waals surface area (Å²) in [4.78, 5) is 8.48. The number of halogens is 1. The summed E-state index contributed by atoms with van der Waals surface area (Å²) in [7, 11) is 0. The first-order valence-electron chi connectivity index (χ1n) is 10.9. The Balaban J connectivity index is 2.24. The van der Waals surface area contributed by atoms with Gasteiger partial charge in [-0.05, 0) is 50.8 Å². The van der Waals surface area contributed by atoms with Crippen LogP contribution in [0.15, 0.2) is 81.5 Å². The molecule has 0 unspecified atom stereocenters. The molecular formula is C25H35ClN8. The van der Waals surface area contributed by atoms with Crippen LogP contribution in [0.3, 0.4) is 0 Å². The van der Waals surface area contributed by atoms with Crippen molar-refractivity contribution in [2.75, 3.05) is 42.9 Å². The molecule has 9 heteroatoms. The highest BCUT2D eigenvalue weighted by Gasteiger charge is 2.18. The van der Waals surface area contributed by atoms with E-state index < -0.39 is 0 Å². The van der Waals surface area contributed by atoms with E-state index in [9.17, 15) is 0 Å². The van der Waals surface area contributed by atoms with Gasteiger partial charge in [0.25, 0.3) is 0 Å². The smallest absolute Gasteiger partial charge is 0.108 e. The summed E-state index contributed by atoms with van der Waals surface area (Å²) >= 11 is 6.48. The number of nitrogens with two attached hydrogens (primary N) is 2. The van der Waals surface area contributed by atoms with Gasteiger partial charge in [0.05, 0.1) is 28.8 Å². The van der Waals surface area contributed by atoms with Crippen LogP contribution in [0.2, 0.25) is 0 Å². The summed E-state index contributed by atoms with van der Waals surface area (Å²) in [6, 6.07) is 3.89. The molecular weight excluding hydrogens is 448 g/mol. The lowest BCUT2D eigenvalue weighted by atomic mass is 10.0. The number of rotatable bonds is 11. The molecule has 1 aliphatic heterocycles. The highest BCUT2D eigenvalue weighted by molar-refractivity contribution is 6.46. The number of aliphatic imine (C=N–C) groups is 2. The Hall–Kier alpha value is -3.17. The molecule has 0 radical (unpaired) electrons. The molecule has 0 atom stereocenters. The highest BCUT2D eigenvalue weighted by Crippen LogP contribution is 2.28. The van der Waals surface area contributed by atoms with E-state index in [1.165, 1.54) is 6.20 Å². The van der Waals surface area contributed by atoms with Crippen LogP contribution in [-0.4, -0.2) is 48.9 Å². The highest BCUT2D eigenvalue weighted by atomic mass is 35.5. The Labute approximate surface area is 207 Å². The molecule has 0 bridgehead atoms. The summed E-state index contributed by atoms with van der Waals surface area (Å²) in [6.07, 6.45) is 11.0. The van der Waals surface area contributed by atoms with Crippen LogP contribution < -0.4 is 22.3 Å². The van der Waals surface area contributed by atoms with E-state index in [-0.39, 0.29) is 6.67 Å². The van der Waals surface area contributed by atoms with Crippen LogP contribution in [-0.2, 0) is 0 Å². The van der Waals surface area contributed by atoms with Gasteiger partial charge in [-0.3, -0.25) is 15.8 Å². The largest absolute Gasteiger partial charge is 0.397 e. The van der Waals surface area contributed by atoms with Crippen molar-refractivity contribution >= 4 is 41.1 Å². The normalized spacial score (nSPS) is 16.9. The minimum atomic E-state index is 0.279. The second-order valence-corrected chi connectivity index (χ2v) is 8.18. The van der Waals surface area contributed by atoms with Gasteiger partial charge in [0, 0.05) is 30.5 Å². The van der Waals surface area contributed by atoms with Crippen LogP contribution in [0.5, 0.6) is 0 Å². The van der Waals surface area contributed by atoms with Crippen LogP contribution in [0, 0.1) is 6.92 Å². The Bertz CT molecular complexity index is 1040. The molecule has 182 valence electrons. The van der Waals surface area contributed by atoms with Crippen molar-refractivity contribution in [3.63, 3.8) is 0 Å². The second kappa shape index (κ2) is 13.5. The lowest BCUT2D eigenvalue weighted by Gasteiger charge is -2.21. The summed E-state index contributed by atoms with van der Waals surface area (Å²) < 4.78 is 0. The van der Waals surface area contributed by atoms with Crippen LogP contribution in [0.1, 0.15) is 19.4 Å². The number of nitrogens with one attached hydrogen (secondary N) is 2. The molecule has 1 saturated heterocycles. The first-order valence-corrected chi connectivity index (χ1v) is 11.3. The van der Waals surface area contributed by atoms with E-state index in [2.05, 4.69) is 29.0 Å². The van der Waals surface area contributed by atoms with Crippen LogP contribution in [0.4, 0.5) is 17.1 Å². The SMILES string of the molecule is C=CC(=C(C)/C=C\C=C/C)C(=N/CNc1cc(N)c(NN2CCN(N)C2)cc1C)/C(Cl)=C\N=C. The average Bonchev–Trinajstić information content (AvgIpc) is 3.21. The molecule has 0 amide bonds. The molecule has 0 aromatic heterocycles. The number of anilines is 3. The average molecular weight is 483 g/mol. The molecule has 8 nitrogen and oxygen atoms in total. The molecule has 1 aromatic carbocycles.